The van der Waals surface area contributed by atoms with Gasteiger partial charge < -0.3 is 9.13 Å². The fourth-order valence-corrected chi connectivity index (χ4v) is 9.42. The second-order valence-electron chi connectivity index (χ2n) is 13.3. The predicted molar refractivity (Wildman–Crippen MR) is 219 cm³/mol. The molecule has 11 rings (SSSR count). The SMILES string of the molecule is c1ccc(-n2c3ccccc3c3cc(-c4cc(-c5ccc6c7ccccc7n(-c7ccccc7)c6c5)c5c(c4)sc4ccccc45)ccc32)cc1. The quantitative estimate of drug-likeness (QED) is 0.177. The number of para-hydroxylation sites is 4. The average Bonchev–Trinajstić information content (AvgIpc) is 3.85. The van der Waals surface area contributed by atoms with Crippen LogP contribution in [-0.2, 0) is 0 Å². The van der Waals surface area contributed by atoms with E-state index in [1.807, 2.05) is 11.3 Å². The van der Waals surface area contributed by atoms with Crippen molar-refractivity contribution in [2.24, 2.45) is 0 Å². The summed E-state index contributed by atoms with van der Waals surface area (Å²) in [7, 11) is 0. The molecule has 0 N–H and O–H groups in total. The molecule has 0 spiro atoms. The number of hydrogen-bond donors (Lipinski definition) is 0. The summed E-state index contributed by atoms with van der Waals surface area (Å²) in [4.78, 5) is 0. The standard InChI is InChI=1S/C48H30N2S/c1-3-13-34(14-4-1)49-43-21-11-8-18-37(43)41-27-31(24-26-44(41)49)33-28-40(48-39-19-9-12-22-46(39)51-47(48)30-33)32-23-25-38-36-17-7-10-20-42(36)50(45(38)29-32)35-15-5-2-6-16-35/h1-30H. The Hall–Kier alpha value is -6.42. The van der Waals surface area contributed by atoms with Gasteiger partial charge in [-0.3, -0.25) is 0 Å². The summed E-state index contributed by atoms with van der Waals surface area (Å²) in [5, 5.41) is 7.69. The molecule has 11 aromatic rings. The Kier molecular flexibility index (Phi) is 6.16. The minimum absolute atomic E-state index is 1.17. The van der Waals surface area contributed by atoms with E-state index in [-0.39, 0.29) is 0 Å². The molecule has 3 heterocycles. The van der Waals surface area contributed by atoms with Crippen molar-refractivity contribution in [2.45, 2.75) is 0 Å². The first kappa shape index (κ1) is 28.4. The van der Waals surface area contributed by atoms with E-state index in [9.17, 15) is 0 Å². The van der Waals surface area contributed by atoms with Crippen LogP contribution in [-0.4, -0.2) is 9.13 Å². The van der Waals surface area contributed by atoms with Gasteiger partial charge >= 0.3 is 0 Å². The van der Waals surface area contributed by atoms with Gasteiger partial charge in [0, 0.05) is 53.1 Å². The van der Waals surface area contributed by atoms with Crippen molar-refractivity contribution in [1.82, 2.24) is 9.13 Å². The lowest BCUT2D eigenvalue weighted by atomic mass is 9.93. The third-order valence-corrected chi connectivity index (χ3v) is 11.6. The van der Waals surface area contributed by atoms with E-state index >= 15 is 0 Å². The number of rotatable bonds is 4. The maximum absolute atomic E-state index is 2.43. The Morgan fingerprint density at radius 3 is 1.59 bits per heavy atom. The number of fused-ring (bicyclic) bond motifs is 9. The molecule has 0 atom stereocenters. The van der Waals surface area contributed by atoms with Gasteiger partial charge in [-0.1, -0.05) is 109 Å². The van der Waals surface area contributed by atoms with Crippen molar-refractivity contribution in [1.29, 1.82) is 0 Å². The Bertz CT molecular complexity index is 3130. The molecule has 0 amide bonds. The van der Waals surface area contributed by atoms with Crippen molar-refractivity contribution in [3.05, 3.63) is 182 Å². The molecular formula is C48H30N2S. The van der Waals surface area contributed by atoms with Crippen molar-refractivity contribution in [3.8, 4) is 33.6 Å². The molecule has 3 aromatic heterocycles. The van der Waals surface area contributed by atoms with Crippen LogP contribution >= 0.6 is 11.3 Å². The molecule has 0 aliphatic heterocycles. The fourth-order valence-electron chi connectivity index (χ4n) is 8.25. The van der Waals surface area contributed by atoms with Gasteiger partial charge in [-0.25, -0.2) is 0 Å². The van der Waals surface area contributed by atoms with Crippen molar-refractivity contribution < 1.29 is 0 Å². The second-order valence-corrected chi connectivity index (χ2v) is 14.4. The summed E-state index contributed by atoms with van der Waals surface area (Å²) in [5.74, 6) is 0. The van der Waals surface area contributed by atoms with Crippen LogP contribution in [0.1, 0.15) is 0 Å². The molecule has 0 radical (unpaired) electrons. The third-order valence-electron chi connectivity index (χ3n) is 10.5. The topological polar surface area (TPSA) is 9.86 Å². The van der Waals surface area contributed by atoms with Gasteiger partial charge in [0.1, 0.15) is 0 Å². The summed E-state index contributed by atoms with van der Waals surface area (Å²) >= 11 is 1.89. The second kappa shape index (κ2) is 11.0. The highest BCUT2D eigenvalue weighted by atomic mass is 32.1. The molecule has 2 nitrogen and oxygen atoms in total. The number of thiophene rings is 1. The molecule has 0 bridgehead atoms. The Morgan fingerprint density at radius 1 is 0.314 bits per heavy atom. The van der Waals surface area contributed by atoms with Gasteiger partial charge in [0.15, 0.2) is 0 Å². The van der Waals surface area contributed by atoms with Gasteiger partial charge in [0.05, 0.1) is 22.1 Å². The van der Waals surface area contributed by atoms with Crippen molar-refractivity contribution >= 4 is 75.1 Å². The van der Waals surface area contributed by atoms with Crippen molar-refractivity contribution in [3.63, 3.8) is 0 Å². The summed E-state index contributed by atoms with van der Waals surface area (Å²) in [5.41, 5.74) is 12.2. The minimum atomic E-state index is 1.17. The van der Waals surface area contributed by atoms with E-state index in [1.165, 1.54) is 97.4 Å². The van der Waals surface area contributed by atoms with E-state index in [4.69, 9.17) is 0 Å². The molecule has 0 unspecified atom stereocenters. The number of hydrogen-bond acceptors (Lipinski definition) is 1. The molecule has 0 aliphatic carbocycles. The van der Waals surface area contributed by atoms with Crippen LogP contribution in [0.3, 0.4) is 0 Å². The lowest BCUT2D eigenvalue weighted by molar-refractivity contribution is 1.18. The van der Waals surface area contributed by atoms with Crippen LogP contribution in [0.2, 0.25) is 0 Å². The third kappa shape index (κ3) is 4.29. The molecule has 51 heavy (non-hydrogen) atoms. The molecule has 0 aliphatic rings. The Morgan fingerprint density at radius 2 is 0.863 bits per heavy atom. The van der Waals surface area contributed by atoms with Crippen LogP contribution in [0.4, 0.5) is 0 Å². The summed E-state index contributed by atoms with van der Waals surface area (Å²) < 4.78 is 7.42. The van der Waals surface area contributed by atoms with Gasteiger partial charge in [0.25, 0.3) is 0 Å². The monoisotopic (exact) mass is 666 g/mol. The van der Waals surface area contributed by atoms with Crippen LogP contribution in [0.15, 0.2) is 182 Å². The zero-order chi connectivity index (χ0) is 33.5. The first-order chi connectivity index (χ1) is 25.3. The van der Waals surface area contributed by atoms with Crippen LogP contribution < -0.4 is 0 Å². The molecule has 238 valence electrons. The zero-order valence-electron chi connectivity index (χ0n) is 27.6. The van der Waals surface area contributed by atoms with Crippen molar-refractivity contribution in [2.75, 3.05) is 0 Å². The molecule has 0 fully saturated rings. The molecule has 0 saturated carbocycles. The first-order valence-electron chi connectivity index (χ1n) is 17.4. The van der Waals surface area contributed by atoms with E-state index in [0.29, 0.717) is 0 Å². The fraction of sp³-hybridized carbons (Fsp3) is 0. The molecule has 3 heteroatoms. The highest BCUT2D eigenvalue weighted by molar-refractivity contribution is 7.26. The largest absolute Gasteiger partial charge is 0.309 e. The van der Waals surface area contributed by atoms with Gasteiger partial charge in [0.2, 0.25) is 0 Å². The number of nitrogens with zero attached hydrogens (tertiary/aromatic N) is 2. The molecular weight excluding hydrogens is 637 g/mol. The molecule has 0 saturated heterocycles. The highest BCUT2D eigenvalue weighted by Crippen LogP contribution is 2.45. The summed E-state index contributed by atoms with van der Waals surface area (Å²) in [6.07, 6.45) is 0. The van der Waals surface area contributed by atoms with Crippen LogP contribution in [0, 0.1) is 0 Å². The minimum Gasteiger partial charge on any atom is -0.309 e. The first-order valence-corrected chi connectivity index (χ1v) is 18.3. The lowest BCUT2D eigenvalue weighted by Gasteiger charge is -2.12. The normalized spacial score (nSPS) is 11.9. The zero-order valence-corrected chi connectivity index (χ0v) is 28.4. The maximum Gasteiger partial charge on any atom is 0.0547 e. The van der Waals surface area contributed by atoms with E-state index < -0.39 is 0 Å². The Balaban J connectivity index is 1.18. The molecule has 8 aromatic carbocycles. The van der Waals surface area contributed by atoms with Crippen LogP contribution in [0.25, 0.3) is 97.4 Å². The highest BCUT2D eigenvalue weighted by Gasteiger charge is 2.18. The lowest BCUT2D eigenvalue weighted by Crippen LogP contribution is -1.93. The van der Waals surface area contributed by atoms with Gasteiger partial charge in [-0.05, 0) is 95.1 Å². The van der Waals surface area contributed by atoms with E-state index in [0.717, 1.165) is 0 Å². The van der Waals surface area contributed by atoms with E-state index in [2.05, 4.69) is 191 Å². The maximum atomic E-state index is 2.43. The average molecular weight is 667 g/mol. The Labute approximate surface area is 298 Å². The number of aromatic nitrogens is 2. The summed E-state index contributed by atoms with van der Waals surface area (Å²) in [6, 6.07) is 66.7. The van der Waals surface area contributed by atoms with Crippen LogP contribution in [0.5, 0.6) is 0 Å². The number of benzene rings is 8. The smallest absolute Gasteiger partial charge is 0.0547 e. The van der Waals surface area contributed by atoms with E-state index in [1.54, 1.807) is 0 Å². The predicted octanol–water partition coefficient (Wildman–Crippen LogP) is 13.6. The summed E-state index contributed by atoms with van der Waals surface area (Å²) in [6.45, 7) is 0. The van der Waals surface area contributed by atoms with Gasteiger partial charge in [-0.15, -0.1) is 11.3 Å². The van der Waals surface area contributed by atoms with Gasteiger partial charge in [-0.2, -0.15) is 0 Å².